The number of nitro groups is 1. The lowest BCUT2D eigenvalue weighted by molar-refractivity contribution is -0.384. The van der Waals surface area contributed by atoms with Gasteiger partial charge in [-0.1, -0.05) is 0 Å². The molecule has 0 fully saturated rings. The van der Waals surface area contributed by atoms with Gasteiger partial charge in [0.1, 0.15) is 11.1 Å². The molecule has 0 bridgehead atoms. The Kier molecular flexibility index (Phi) is 5.39. The second-order valence-electron chi connectivity index (χ2n) is 6.14. The average molecular weight is 380 g/mol. The van der Waals surface area contributed by atoms with Gasteiger partial charge in [-0.15, -0.1) is 0 Å². The SMILES string of the molecule is CCN(CC)c1ccc2cc(C(=O)Nc3ccc([N+](=O)[O-])cc3)c(=N)oc2c1. The lowest BCUT2D eigenvalue weighted by Crippen LogP contribution is -2.22. The molecule has 2 aromatic carbocycles. The number of carbonyl (C=O) groups excluding carboxylic acids is 1. The molecule has 0 spiro atoms. The fourth-order valence-electron chi connectivity index (χ4n) is 2.94. The molecule has 3 rings (SSSR count). The number of nitro benzene ring substituents is 1. The second-order valence-corrected chi connectivity index (χ2v) is 6.14. The van der Waals surface area contributed by atoms with E-state index < -0.39 is 10.8 Å². The predicted molar refractivity (Wildman–Crippen MR) is 107 cm³/mol. The molecule has 0 unspecified atom stereocenters. The number of anilines is 2. The number of hydrogen-bond donors (Lipinski definition) is 2. The Balaban J connectivity index is 1.89. The van der Waals surface area contributed by atoms with E-state index in [1.54, 1.807) is 6.07 Å². The third-order valence-corrected chi connectivity index (χ3v) is 4.46. The maximum Gasteiger partial charge on any atom is 0.269 e. The van der Waals surface area contributed by atoms with Crippen LogP contribution in [-0.2, 0) is 0 Å². The first-order valence-corrected chi connectivity index (χ1v) is 8.86. The first-order chi connectivity index (χ1) is 13.4. The average Bonchev–Trinajstić information content (AvgIpc) is 2.68. The summed E-state index contributed by atoms with van der Waals surface area (Å²) in [6, 6.07) is 12.8. The number of hydrogen-bond acceptors (Lipinski definition) is 6. The van der Waals surface area contributed by atoms with Crippen LogP contribution in [0.3, 0.4) is 0 Å². The Hall–Kier alpha value is -3.68. The molecule has 0 saturated carbocycles. The topological polar surface area (TPSA) is 112 Å². The van der Waals surface area contributed by atoms with Crippen molar-refractivity contribution in [3.8, 4) is 0 Å². The van der Waals surface area contributed by atoms with Crippen molar-refractivity contribution in [2.75, 3.05) is 23.3 Å². The third kappa shape index (κ3) is 3.85. The van der Waals surface area contributed by atoms with Crippen LogP contribution in [0.2, 0.25) is 0 Å². The van der Waals surface area contributed by atoms with Crippen LogP contribution in [0.25, 0.3) is 11.0 Å². The Morgan fingerprint density at radius 1 is 1.14 bits per heavy atom. The summed E-state index contributed by atoms with van der Waals surface area (Å²) in [5.74, 6) is -0.516. The fourth-order valence-corrected chi connectivity index (χ4v) is 2.94. The van der Waals surface area contributed by atoms with E-state index >= 15 is 0 Å². The molecular weight excluding hydrogens is 360 g/mol. The van der Waals surface area contributed by atoms with Crippen LogP contribution < -0.4 is 15.8 Å². The van der Waals surface area contributed by atoms with Crippen molar-refractivity contribution in [2.24, 2.45) is 0 Å². The van der Waals surface area contributed by atoms with E-state index in [9.17, 15) is 14.9 Å². The summed E-state index contributed by atoms with van der Waals surface area (Å²) in [5, 5.41) is 22.1. The summed E-state index contributed by atoms with van der Waals surface area (Å²) in [6.45, 7) is 5.83. The lowest BCUT2D eigenvalue weighted by atomic mass is 10.1. The Labute approximate surface area is 161 Å². The van der Waals surface area contributed by atoms with Gasteiger partial charge in [0.05, 0.1) is 4.92 Å². The Morgan fingerprint density at radius 2 is 1.82 bits per heavy atom. The highest BCUT2D eigenvalue weighted by atomic mass is 16.6. The minimum atomic E-state index is -0.516. The Morgan fingerprint density at radius 3 is 2.43 bits per heavy atom. The molecule has 2 N–H and O–H groups in total. The molecule has 1 heterocycles. The number of nitrogens with one attached hydrogen (secondary N) is 2. The van der Waals surface area contributed by atoms with Crippen molar-refractivity contribution in [2.45, 2.75) is 13.8 Å². The number of non-ortho nitro benzene ring substituents is 1. The second kappa shape index (κ2) is 7.91. The molecule has 0 aliphatic rings. The molecule has 1 aromatic heterocycles. The van der Waals surface area contributed by atoms with Crippen LogP contribution in [0.4, 0.5) is 17.1 Å². The number of nitrogens with zero attached hydrogens (tertiary/aromatic N) is 2. The maximum atomic E-state index is 12.5. The summed E-state index contributed by atoms with van der Waals surface area (Å²) in [7, 11) is 0. The van der Waals surface area contributed by atoms with Gasteiger partial charge in [0.2, 0.25) is 5.55 Å². The van der Waals surface area contributed by atoms with E-state index in [0.29, 0.717) is 16.7 Å². The molecule has 8 heteroatoms. The molecule has 0 atom stereocenters. The van der Waals surface area contributed by atoms with Gasteiger partial charge in [-0.05, 0) is 44.2 Å². The maximum absolute atomic E-state index is 12.5. The number of amides is 1. The van der Waals surface area contributed by atoms with Crippen LogP contribution >= 0.6 is 0 Å². The predicted octanol–water partition coefficient (Wildman–Crippen LogP) is 3.92. The molecule has 3 aromatic rings. The van der Waals surface area contributed by atoms with Gasteiger partial charge in [-0.2, -0.15) is 0 Å². The van der Waals surface area contributed by atoms with E-state index in [-0.39, 0.29) is 16.8 Å². The number of carbonyl (C=O) groups is 1. The number of benzene rings is 2. The van der Waals surface area contributed by atoms with Crippen LogP contribution in [0.5, 0.6) is 0 Å². The van der Waals surface area contributed by atoms with Gasteiger partial charge in [0, 0.05) is 48.0 Å². The minimum absolute atomic E-state index is 0.0658. The van der Waals surface area contributed by atoms with Crippen molar-refractivity contribution >= 4 is 33.9 Å². The normalized spacial score (nSPS) is 10.6. The minimum Gasteiger partial charge on any atom is -0.438 e. The molecule has 0 radical (unpaired) electrons. The highest BCUT2D eigenvalue weighted by Gasteiger charge is 2.14. The van der Waals surface area contributed by atoms with E-state index in [2.05, 4.69) is 24.1 Å². The van der Waals surface area contributed by atoms with Gasteiger partial charge in [0.25, 0.3) is 11.6 Å². The monoisotopic (exact) mass is 380 g/mol. The van der Waals surface area contributed by atoms with Crippen LogP contribution in [0, 0.1) is 15.5 Å². The zero-order valence-corrected chi connectivity index (χ0v) is 15.6. The lowest BCUT2D eigenvalue weighted by Gasteiger charge is -2.21. The highest BCUT2D eigenvalue weighted by molar-refractivity contribution is 6.05. The number of fused-ring (bicyclic) bond motifs is 1. The molecule has 0 aliphatic carbocycles. The third-order valence-electron chi connectivity index (χ3n) is 4.46. The first-order valence-electron chi connectivity index (χ1n) is 8.86. The van der Waals surface area contributed by atoms with Gasteiger partial charge < -0.3 is 14.6 Å². The van der Waals surface area contributed by atoms with Gasteiger partial charge in [0.15, 0.2) is 0 Å². The fraction of sp³-hybridized carbons (Fsp3) is 0.200. The molecule has 0 saturated heterocycles. The van der Waals surface area contributed by atoms with Crippen molar-refractivity contribution in [3.05, 3.63) is 69.8 Å². The molecule has 8 nitrogen and oxygen atoms in total. The molecule has 28 heavy (non-hydrogen) atoms. The van der Waals surface area contributed by atoms with E-state index in [1.165, 1.54) is 24.3 Å². The van der Waals surface area contributed by atoms with E-state index in [4.69, 9.17) is 9.83 Å². The van der Waals surface area contributed by atoms with Gasteiger partial charge in [-0.3, -0.25) is 20.3 Å². The zero-order chi connectivity index (χ0) is 20.3. The summed E-state index contributed by atoms with van der Waals surface area (Å²) >= 11 is 0. The van der Waals surface area contributed by atoms with Crippen molar-refractivity contribution in [1.29, 1.82) is 5.41 Å². The first kappa shape index (κ1) is 19.1. The summed E-state index contributed by atoms with van der Waals surface area (Å²) in [4.78, 5) is 24.9. The summed E-state index contributed by atoms with van der Waals surface area (Å²) < 4.78 is 5.57. The standard InChI is InChI=1S/C20H20N4O4/c1-3-23(4-2)16-8-5-13-11-17(19(21)28-18(13)12-16)20(25)22-14-6-9-15(10-7-14)24(26)27/h5-12,21H,3-4H2,1-2H3,(H,22,25). The smallest absolute Gasteiger partial charge is 0.269 e. The van der Waals surface area contributed by atoms with Gasteiger partial charge in [-0.25, -0.2) is 0 Å². The highest BCUT2D eigenvalue weighted by Crippen LogP contribution is 2.22. The van der Waals surface area contributed by atoms with Crippen molar-refractivity contribution < 1.29 is 14.1 Å². The van der Waals surface area contributed by atoms with Gasteiger partial charge >= 0.3 is 0 Å². The van der Waals surface area contributed by atoms with Crippen molar-refractivity contribution in [1.82, 2.24) is 0 Å². The Bertz CT molecular complexity index is 1090. The van der Waals surface area contributed by atoms with Crippen molar-refractivity contribution in [3.63, 3.8) is 0 Å². The van der Waals surface area contributed by atoms with E-state index in [0.717, 1.165) is 18.8 Å². The summed E-state index contributed by atoms with van der Waals surface area (Å²) in [5.41, 5.74) is 1.69. The summed E-state index contributed by atoms with van der Waals surface area (Å²) in [6.07, 6.45) is 0. The quantitative estimate of drug-likeness (QED) is 0.497. The number of rotatable bonds is 6. The molecule has 0 aliphatic heterocycles. The molecule has 1 amide bonds. The van der Waals surface area contributed by atoms with E-state index in [1.807, 2.05) is 18.2 Å². The van der Waals surface area contributed by atoms with Crippen LogP contribution in [-0.4, -0.2) is 23.9 Å². The molecular formula is C20H20N4O4. The largest absolute Gasteiger partial charge is 0.438 e. The zero-order valence-electron chi connectivity index (χ0n) is 15.6. The van der Waals surface area contributed by atoms with Crippen LogP contribution in [0.1, 0.15) is 24.2 Å². The van der Waals surface area contributed by atoms with Crippen LogP contribution in [0.15, 0.2) is 52.9 Å². The molecule has 144 valence electrons.